The molecule has 0 radical (unpaired) electrons. The number of ether oxygens (including phenoxy) is 1. The van der Waals surface area contributed by atoms with Gasteiger partial charge in [0.15, 0.2) is 0 Å². The Balaban J connectivity index is 1.20. The molecular weight excluding hydrogens is 413 g/mol. The Labute approximate surface area is 190 Å². The molecule has 6 rings (SSSR count). The highest BCUT2D eigenvalue weighted by Crippen LogP contribution is 2.61. The molecule has 0 aliphatic heterocycles. The fourth-order valence-electron chi connectivity index (χ4n) is 6.77. The molecule has 0 spiro atoms. The van der Waals surface area contributed by atoms with E-state index in [1.807, 2.05) is 24.3 Å². The molecule has 0 saturated heterocycles. The van der Waals surface area contributed by atoms with Gasteiger partial charge in [-0.3, -0.25) is 0 Å². The first-order valence-corrected chi connectivity index (χ1v) is 12.1. The third-order valence-electron chi connectivity index (χ3n) is 7.96. The van der Waals surface area contributed by atoms with E-state index in [9.17, 15) is 0 Å². The van der Waals surface area contributed by atoms with Gasteiger partial charge in [0.05, 0.1) is 0 Å². The summed E-state index contributed by atoms with van der Waals surface area (Å²) in [6.07, 6.45) is 8.82. The second-order valence-corrected chi connectivity index (χ2v) is 10.8. The maximum Gasteiger partial charge on any atom is 0.120 e. The van der Waals surface area contributed by atoms with Crippen molar-refractivity contribution in [2.45, 2.75) is 64.6 Å². The number of nitrogens with one attached hydrogen (secondary N) is 1. The van der Waals surface area contributed by atoms with Gasteiger partial charge in [-0.05, 0) is 98.4 Å². The fourth-order valence-corrected chi connectivity index (χ4v) is 7.27. The standard InChI is InChI=1S/C26H31Cl2NO/c1-17(26-12-19-8-20(13-26)10-21(9-19)14-26)29-15-18-4-2-5-22(11-18)30-16-23-24(27)6-3-7-25(23)28/h2-7,11,17,19-21,29H,8-10,12-16H2,1H3. The van der Waals surface area contributed by atoms with Gasteiger partial charge in [-0.2, -0.15) is 0 Å². The maximum absolute atomic E-state index is 6.27. The Morgan fingerprint density at radius 3 is 2.20 bits per heavy atom. The van der Waals surface area contributed by atoms with Crippen molar-refractivity contribution in [3.8, 4) is 5.75 Å². The van der Waals surface area contributed by atoms with Crippen LogP contribution in [0.4, 0.5) is 0 Å². The molecule has 2 aromatic carbocycles. The van der Waals surface area contributed by atoms with Crippen LogP contribution in [0.3, 0.4) is 0 Å². The van der Waals surface area contributed by atoms with E-state index < -0.39 is 0 Å². The minimum absolute atomic E-state index is 0.374. The lowest BCUT2D eigenvalue weighted by atomic mass is 9.48. The lowest BCUT2D eigenvalue weighted by molar-refractivity contribution is -0.0706. The third kappa shape index (κ3) is 4.11. The van der Waals surface area contributed by atoms with Crippen molar-refractivity contribution in [2.75, 3.05) is 0 Å². The van der Waals surface area contributed by atoms with Gasteiger partial charge >= 0.3 is 0 Å². The van der Waals surface area contributed by atoms with E-state index in [1.165, 1.54) is 44.1 Å². The Morgan fingerprint density at radius 2 is 1.57 bits per heavy atom. The van der Waals surface area contributed by atoms with Crippen LogP contribution in [0.5, 0.6) is 5.75 Å². The summed E-state index contributed by atoms with van der Waals surface area (Å²) in [4.78, 5) is 0. The first kappa shape index (κ1) is 20.7. The van der Waals surface area contributed by atoms with E-state index in [1.54, 1.807) is 0 Å². The van der Waals surface area contributed by atoms with Crippen LogP contribution < -0.4 is 10.1 Å². The lowest BCUT2D eigenvalue weighted by Gasteiger charge is -2.59. The summed E-state index contributed by atoms with van der Waals surface area (Å²) >= 11 is 12.5. The Hall–Kier alpha value is -1.22. The van der Waals surface area contributed by atoms with E-state index >= 15 is 0 Å². The minimum atomic E-state index is 0.374. The van der Waals surface area contributed by atoms with E-state index in [-0.39, 0.29) is 0 Å². The quantitative estimate of drug-likeness (QED) is 0.485. The van der Waals surface area contributed by atoms with E-state index in [4.69, 9.17) is 27.9 Å². The molecule has 4 aliphatic carbocycles. The second-order valence-electron chi connectivity index (χ2n) is 10.0. The van der Waals surface area contributed by atoms with Gasteiger partial charge in [0.2, 0.25) is 0 Å². The summed E-state index contributed by atoms with van der Waals surface area (Å²) in [5.74, 6) is 3.84. The van der Waals surface area contributed by atoms with Crippen LogP contribution >= 0.6 is 23.2 Å². The first-order valence-electron chi connectivity index (χ1n) is 11.4. The van der Waals surface area contributed by atoms with Gasteiger partial charge in [0, 0.05) is 28.2 Å². The van der Waals surface area contributed by atoms with Crippen LogP contribution in [0.15, 0.2) is 42.5 Å². The first-order chi connectivity index (χ1) is 14.5. The molecule has 4 bridgehead atoms. The highest BCUT2D eigenvalue weighted by molar-refractivity contribution is 6.35. The SMILES string of the molecule is CC(NCc1cccc(OCc2c(Cl)cccc2Cl)c1)C12CC3CC(CC(C3)C1)C2. The van der Waals surface area contributed by atoms with E-state index in [2.05, 4.69) is 30.4 Å². The summed E-state index contributed by atoms with van der Waals surface area (Å²) < 4.78 is 6.00. The average Bonchev–Trinajstić information content (AvgIpc) is 2.71. The zero-order valence-corrected chi connectivity index (χ0v) is 19.2. The van der Waals surface area contributed by atoms with Gasteiger partial charge in [0.1, 0.15) is 12.4 Å². The topological polar surface area (TPSA) is 21.3 Å². The van der Waals surface area contributed by atoms with Crippen molar-refractivity contribution in [3.05, 3.63) is 63.6 Å². The zero-order valence-electron chi connectivity index (χ0n) is 17.7. The van der Waals surface area contributed by atoms with Gasteiger partial charge in [0.25, 0.3) is 0 Å². The molecule has 0 aromatic heterocycles. The molecule has 4 heteroatoms. The summed E-state index contributed by atoms with van der Waals surface area (Å²) in [7, 11) is 0. The monoisotopic (exact) mass is 443 g/mol. The van der Waals surface area contributed by atoms with Crippen molar-refractivity contribution >= 4 is 23.2 Å². The number of hydrogen-bond acceptors (Lipinski definition) is 2. The smallest absolute Gasteiger partial charge is 0.120 e. The van der Waals surface area contributed by atoms with Crippen LogP contribution in [0.1, 0.15) is 56.6 Å². The van der Waals surface area contributed by atoms with Gasteiger partial charge in [-0.15, -0.1) is 0 Å². The molecule has 1 atom stereocenters. The van der Waals surface area contributed by atoms with Crippen molar-refractivity contribution < 1.29 is 4.74 Å². The van der Waals surface area contributed by atoms with Crippen molar-refractivity contribution in [2.24, 2.45) is 23.2 Å². The molecule has 0 heterocycles. The van der Waals surface area contributed by atoms with Gasteiger partial charge in [-0.1, -0.05) is 41.4 Å². The highest BCUT2D eigenvalue weighted by Gasteiger charge is 2.52. The van der Waals surface area contributed by atoms with Crippen molar-refractivity contribution in [1.82, 2.24) is 5.32 Å². The Kier molecular flexibility index (Phi) is 5.77. The predicted molar refractivity (Wildman–Crippen MR) is 124 cm³/mol. The normalized spacial score (nSPS) is 30.4. The molecule has 160 valence electrons. The van der Waals surface area contributed by atoms with Crippen molar-refractivity contribution in [3.63, 3.8) is 0 Å². The predicted octanol–water partition coefficient (Wildman–Crippen LogP) is 7.27. The largest absolute Gasteiger partial charge is 0.489 e. The minimum Gasteiger partial charge on any atom is -0.489 e. The number of hydrogen-bond donors (Lipinski definition) is 1. The molecule has 0 amide bonds. The lowest BCUT2D eigenvalue weighted by Crippen LogP contribution is -2.54. The van der Waals surface area contributed by atoms with Gasteiger partial charge in [-0.25, -0.2) is 0 Å². The molecule has 2 nitrogen and oxygen atoms in total. The van der Waals surface area contributed by atoms with E-state index in [0.717, 1.165) is 35.6 Å². The van der Waals surface area contributed by atoms with E-state index in [0.29, 0.717) is 28.1 Å². The van der Waals surface area contributed by atoms with Crippen LogP contribution in [0, 0.1) is 23.2 Å². The van der Waals surface area contributed by atoms with Crippen molar-refractivity contribution in [1.29, 1.82) is 0 Å². The Morgan fingerprint density at radius 1 is 0.967 bits per heavy atom. The molecule has 1 unspecified atom stereocenters. The van der Waals surface area contributed by atoms with Crippen LogP contribution in [-0.2, 0) is 13.2 Å². The molecule has 30 heavy (non-hydrogen) atoms. The number of benzene rings is 2. The maximum atomic E-state index is 6.27. The third-order valence-corrected chi connectivity index (χ3v) is 8.67. The molecule has 4 fully saturated rings. The Bertz CT molecular complexity index is 856. The zero-order chi connectivity index (χ0) is 20.7. The number of halogens is 2. The molecule has 4 saturated carbocycles. The average molecular weight is 444 g/mol. The molecule has 2 aromatic rings. The molecular formula is C26H31Cl2NO. The number of rotatable bonds is 7. The summed E-state index contributed by atoms with van der Waals surface area (Å²) in [6, 6.07) is 14.5. The summed E-state index contributed by atoms with van der Waals surface area (Å²) in [5.41, 5.74) is 2.62. The van der Waals surface area contributed by atoms with Crippen LogP contribution in [-0.4, -0.2) is 6.04 Å². The van der Waals surface area contributed by atoms with Crippen LogP contribution in [0.25, 0.3) is 0 Å². The van der Waals surface area contributed by atoms with Gasteiger partial charge < -0.3 is 10.1 Å². The highest BCUT2D eigenvalue weighted by atomic mass is 35.5. The van der Waals surface area contributed by atoms with Crippen LogP contribution in [0.2, 0.25) is 10.0 Å². The summed E-state index contributed by atoms with van der Waals surface area (Å²) in [5, 5.41) is 5.16. The molecule has 1 N–H and O–H groups in total. The second kappa shape index (κ2) is 8.37. The fraction of sp³-hybridized carbons (Fsp3) is 0.538. The molecule has 4 aliphatic rings. The summed E-state index contributed by atoms with van der Waals surface area (Å²) in [6.45, 7) is 3.68.